The number of aromatic nitrogens is 3. The van der Waals surface area contributed by atoms with Gasteiger partial charge in [-0.3, -0.25) is 9.78 Å². The van der Waals surface area contributed by atoms with E-state index >= 15 is 0 Å². The van der Waals surface area contributed by atoms with Gasteiger partial charge in [-0.2, -0.15) is 0 Å². The number of H-pyrrole nitrogens is 2. The molecule has 2 rings (SSSR count). The first-order valence-corrected chi connectivity index (χ1v) is 6.14. The molecule has 7 heteroatoms. The molecule has 0 amide bonds. The third kappa shape index (κ3) is 2.98. The maximum atomic E-state index is 11.4. The van der Waals surface area contributed by atoms with Crippen molar-refractivity contribution in [3.05, 3.63) is 20.8 Å². The molecule has 0 aromatic carbocycles. The minimum atomic E-state index is -0.795. The van der Waals surface area contributed by atoms with Crippen LogP contribution in [0.3, 0.4) is 0 Å². The molecule has 1 fully saturated rings. The van der Waals surface area contributed by atoms with Crippen LogP contribution in [0.15, 0.2) is 9.59 Å². The molecule has 1 aromatic heterocycles. The van der Waals surface area contributed by atoms with E-state index in [1.807, 2.05) is 0 Å². The summed E-state index contributed by atoms with van der Waals surface area (Å²) < 4.78 is 0. The first-order chi connectivity index (χ1) is 8.48. The Hall–Kier alpha value is -1.63. The van der Waals surface area contributed by atoms with Crippen molar-refractivity contribution < 1.29 is 5.11 Å². The Morgan fingerprint density at radius 1 is 1.44 bits per heavy atom. The quantitative estimate of drug-likeness (QED) is 0.597. The number of nitrogens with zero attached hydrogens (tertiary/aromatic N) is 1. The predicted molar refractivity (Wildman–Crippen MR) is 66.5 cm³/mol. The summed E-state index contributed by atoms with van der Waals surface area (Å²) in [6, 6.07) is 0. The first kappa shape index (κ1) is 12.8. The van der Waals surface area contributed by atoms with Gasteiger partial charge in [0.15, 0.2) is 0 Å². The number of aliphatic hydroxyl groups is 1. The summed E-state index contributed by atoms with van der Waals surface area (Å²) in [6.07, 6.45) is 3.38. The minimum absolute atomic E-state index is 0.0293. The molecule has 0 atom stereocenters. The van der Waals surface area contributed by atoms with E-state index in [9.17, 15) is 14.7 Å². The Morgan fingerprint density at radius 3 is 2.72 bits per heavy atom. The van der Waals surface area contributed by atoms with Gasteiger partial charge in [0.05, 0.1) is 5.60 Å². The molecule has 4 N–H and O–H groups in total. The second-order valence-corrected chi connectivity index (χ2v) is 5.12. The molecule has 0 saturated heterocycles. The fourth-order valence-electron chi connectivity index (χ4n) is 2.19. The standard InChI is InChI=1S/C11H18N4O3/c1-7-2-4-11(18,5-3-7)6-12-8-9(16)13-10(17)15-14-8/h7,18H,2-6H2,1H3,(H,12,14)(H2,13,15,16,17). The van der Waals surface area contributed by atoms with Crippen molar-refractivity contribution in [3.63, 3.8) is 0 Å². The molecule has 0 unspecified atom stereocenters. The highest BCUT2D eigenvalue weighted by Crippen LogP contribution is 2.31. The van der Waals surface area contributed by atoms with E-state index in [1.165, 1.54) is 0 Å². The summed E-state index contributed by atoms with van der Waals surface area (Å²) in [5.41, 5.74) is -2.01. The molecule has 0 bridgehead atoms. The molecule has 7 nitrogen and oxygen atoms in total. The topological polar surface area (TPSA) is 111 Å². The van der Waals surface area contributed by atoms with Crippen molar-refractivity contribution in [1.82, 2.24) is 15.2 Å². The molecular formula is C11H18N4O3. The SMILES string of the molecule is CC1CCC(O)(CNc2n[nH]c(=O)[nH]c2=O)CC1. The summed E-state index contributed by atoms with van der Waals surface area (Å²) in [5.74, 6) is 0.668. The third-order valence-corrected chi connectivity index (χ3v) is 3.50. The van der Waals surface area contributed by atoms with E-state index in [2.05, 4.69) is 27.4 Å². The van der Waals surface area contributed by atoms with Gasteiger partial charge in [0, 0.05) is 6.54 Å². The molecule has 100 valence electrons. The van der Waals surface area contributed by atoms with Crippen LogP contribution in [0, 0.1) is 5.92 Å². The van der Waals surface area contributed by atoms with Crippen molar-refractivity contribution in [2.45, 2.75) is 38.2 Å². The van der Waals surface area contributed by atoms with Gasteiger partial charge in [-0.05, 0) is 31.6 Å². The molecule has 1 heterocycles. The summed E-state index contributed by atoms with van der Waals surface area (Å²) in [7, 11) is 0. The van der Waals surface area contributed by atoms with Crippen LogP contribution in [-0.4, -0.2) is 32.4 Å². The normalized spacial score (nSPS) is 28.0. The van der Waals surface area contributed by atoms with Crippen molar-refractivity contribution in [3.8, 4) is 0 Å². The molecule has 0 radical (unpaired) electrons. The Balaban J connectivity index is 1.99. The van der Waals surface area contributed by atoms with Crippen molar-refractivity contribution in [1.29, 1.82) is 0 Å². The summed E-state index contributed by atoms with van der Waals surface area (Å²) >= 11 is 0. The molecule has 0 aliphatic heterocycles. The monoisotopic (exact) mass is 254 g/mol. The third-order valence-electron chi connectivity index (χ3n) is 3.50. The van der Waals surface area contributed by atoms with Crippen LogP contribution >= 0.6 is 0 Å². The van der Waals surface area contributed by atoms with Gasteiger partial charge < -0.3 is 10.4 Å². The molecule has 1 aliphatic rings. The minimum Gasteiger partial charge on any atom is -0.388 e. The average Bonchev–Trinajstić information content (AvgIpc) is 2.32. The molecular weight excluding hydrogens is 236 g/mol. The molecule has 1 saturated carbocycles. The van der Waals surface area contributed by atoms with E-state index in [0.29, 0.717) is 18.8 Å². The first-order valence-electron chi connectivity index (χ1n) is 6.14. The summed E-state index contributed by atoms with van der Waals surface area (Å²) in [4.78, 5) is 24.3. The van der Waals surface area contributed by atoms with Gasteiger partial charge in [0.25, 0.3) is 5.56 Å². The lowest BCUT2D eigenvalue weighted by atomic mass is 9.79. The summed E-state index contributed by atoms with van der Waals surface area (Å²) in [6.45, 7) is 2.43. The van der Waals surface area contributed by atoms with Crippen LogP contribution in [0.2, 0.25) is 0 Å². The average molecular weight is 254 g/mol. The zero-order valence-electron chi connectivity index (χ0n) is 10.3. The molecule has 0 spiro atoms. The number of aromatic amines is 2. The Morgan fingerprint density at radius 2 is 2.11 bits per heavy atom. The van der Waals surface area contributed by atoms with Gasteiger partial charge in [0.1, 0.15) is 0 Å². The highest BCUT2D eigenvalue weighted by atomic mass is 16.3. The number of rotatable bonds is 3. The van der Waals surface area contributed by atoms with Crippen LogP contribution < -0.4 is 16.6 Å². The van der Waals surface area contributed by atoms with Gasteiger partial charge in [-0.15, -0.1) is 5.10 Å². The Kier molecular flexibility index (Phi) is 3.51. The highest BCUT2D eigenvalue weighted by molar-refractivity contribution is 5.29. The van der Waals surface area contributed by atoms with E-state index in [4.69, 9.17) is 0 Å². The number of anilines is 1. The lowest BCUT2D eigenvalue weighted by molar-refractivity contribution is 0.00491. The second kappa shape index (κ2) is 4.93. The van der Waals surface area contributed by atoms with Gasteiger partial charge >= 0.3 is 5.69 Å². The van der Waals surface area contributed by atoms with E-state index in [-0.39, 0.29) is 12.4 Å². The van der Waals surface area contributed by atoms with Crippen LogP contribution in [-0.2, 0) is 0 Å². The lowest BCUT2D eigenvalue weighted by Crippen LogP contribution is -2.41. The Labute approximate surface area is 104 Å². The maximum absolute atomic E-state index is 11.4. The Bertz CT molecular complexity index is 514. The molecule has 1 aliphatic carbocycles. The van der Waals surface area contributed by atoms with Crippen LogP contribution in [0.5, 0.6) is 0 Å². The highest BCUT2D eigenvalue weighted by Gasteiger charge is 2.31. The number of hydrogen-bond donors (Lipinski definition) is 4. The van der Waals surface area contributed by atoms with E-state index in [1.54, 1.807) is 0 Å². The van der Waals surface area contributed by atoms with Crippen LogP contribution in [0.1, 0.15) is 32.6 Å². The predicted octanol–water partition coefficient (Wildman–Crippen LogP) is -0.189. The molecule has 1 aromatic rings. The smallest absolute Gasteiger partial charge is 0.342 e. The van der Waals surface area contributed by atoms with Gasteiger partial charge in [0.2, 0.25) is 5.82 Å². The largest absolute Gasteiger partial charge is 0.388 e. The summed E-state index contributed by atoms with van der Waals surface area (Å²) in [5, 5.41) is 18.9. The zero-order chi connectivity index (χ0) is 13.2. The fraction of sp³-hybridized carbons (Fsp3) is 0.727. The number of hydrogen-bond acceptors (Lipinski definition) is 5. The van der Waals surface area contributed by atoms with E-state index < -0.39 is 16.9 Å². The number of nitrogens with one attached hydrogen (secondary N) is 3. The zero-order valence-corrected chi connectivity index (χ0v) is 10.3. The molecule has 18 heavy (non-hydrogen) atoms. The fourth-order valence-corrected chi connectivity index (χ4v) is 2.19. The lowest BCUT2D eigenvalue weighted by Gasteiger charge is -2.34. The van der Waals surface area contributed by atoms with Gasteiger partial charge in [-0.1, -0.05) is 6.92 Å². The van der Waals surface area contributed by atoms with Crippen molar-refractivity contribution in [2.75, 3.05) is 11.9 Å². The second-order valence-electron chi connectivity index (χ2n) is 5.12. The maximum Gasteiger partial charge on any atom is 0.342 e. The van der Waals surface area contributed by atoms with Crippen LogP contribution in [0.4, 0.5) is 5.82 Å². The van der Waals surface area contributed by atoms with Crippen LogP contribution in [0.25, 0.3) is 0 Å². The van der Waals surface area contributed by atoms with Crippen molar-refractivity contribution >= 4 is 5.82 Å². The van der Waals surface area contributed by atoms with Gasteiger partial charge in [-0.25, -0.2) is 9.89 Å². The van der Waals surface area contributed by atoms with Crippen molar-refractivity contribution in [2.24, 2.45) is 5.92 Å². The van der Waals surface area contributed by atoms with E-state index in [0.717, 1.165) is 12.8 Å².